The Hall–Kier alpha value is -2.64. The highest BCUT2D eigenvalue weighted by Crippen LogP contribution is 2.26. The molecule has 31 heavy (non-hydrogen) atoms. The third-order valence-corrected chi connectivity index (χ3v) is 7.51. The van der Waals surface area contributed by atoms with Crippen LogP contribution in [0.1, 0.15) is 22.3 Å². The Labute approximate surface area is 192 Å². The predicted octanol–water partition coefficient (Wildman–Crippen LogP) is 5.52. The Kier molecular flexibility index (Phi) is 6.86. The first-order valence-electron chi connectivity index (χ1n) is 9.80. The van der Waals surface area contributed by atoms with Crippen LogP contribution in [0.3, 0.4) is 0 Å². The molecule has 0 aliphatic rings. The van der Waals surface area contributed by atoms with E-state index in [-0.39, 0.29) is 11.4 Å². The fourth-order valence-corrected chi connectivity index (χ4v) is 4.95. The minimum Gasteiger partial charge on any atom is -0.325 e. The highest BCUT2D eigenvalue weighted by atomic mass is 79.9. The SMILES string of the molecule is Cc1ccc(S(=O)(=O)N(CC(=O)Nc2ccc(Br)c(C)c2)c2cc(C)cc(C)c2)cc1. The predicted molar refractivity (Wildman–Crippen MR) is 129 cm³/mol. The number of amides is 1. The second-order valence-corrected chi connectivity index (χ2v) is 10.4. The molecule has 3 rings (SSSR count). The van der Waals surface area contributed by atoms with Crippen molar-refractivity contribution in [3.05, 3.63) is 87.4 Å². The first-order chi connectivity index (χ1) is 14.6. The maximum absolute atomic E-state index is 13.5. The van der Waals surface area contributed by atoms with Gasteiger partial charge in [0.1, 0.15) is 6.54 Å². The number of aryl methyl sites for hydroxylation is 4. The van der Waals surface area contributed by atoms with Crippen LogP contribution >= 0.6 is 15.9 Å². The zero-order valence-electron chi connectivity index (χ0n) is 17.9. The lowest BCUT2D eigenvalue weighted by Gasteiger charge is -2.25. The monoisotopic (exact) mass is 500 g/mol. The van der Waals surface area contributed by atoms with Crippen LogP contribution < -0.4 is 9.62 Å². The van der Waals surface area contributed by atoms with Crippen molar-refractivity contribution in [1.29, 1.82) is 0 Å². The smallest absolute Gasteiger partial charge is 0.264 e. The van der Waals surface area contributed by atoms with E-state index < -0.39 is 15.9 Å². The number of rotatable bonds is 6. The van der Waals surface area contributed by atoms with Gasteiger partial charge in [-0.25, -0.2) is 8.42 Å². The van der Waals surface area contributed by atoms with Gasteiger partial charge in [-0.1, -0.05) is 39.7 Å². The van der Waals surface area contributed by atoms with Crippen LogP contribution in [0.4, 0.5) is 11.4 Å². The van der Waals surface area contributed by atoms with Gasteiger partial charge < -0.3 is 5.32 Å². The van der Waals surface area contributed by atoms with Crippen molar-refractivity contribution in [2.75, 3.05) is 16.2 Å². The summed E-state index contributed by atoms with van der Waals surface area (Å²) in [6.45, 7) is 7.28. The molecule has 1 amide bonds. The molecule has 0 fully saturated rings. The van der Waals surface area contributed by atoms with Gasteiger partial charge in [0, 0.05) is 10.2 Å². The number of nitrogens with one attached hydrogen (secondary N) is 1. The summed E-state index contributed by atoms with van der Waals surface area (Å²) in [5.41, 5.74) is 4.83. The molecule has 0 bridgehead atoms. The summed E-state index contributed by atoms with van der Waals surface area (Å²) in [5, 5.41) is 2.81. The van der Waals surface area contributed by atoms with Crippen molar-refractivity contribution in [1.82, 2.24) is 0 Å². The fourth-order valence-electron chi connectivity index (χ4n) is 3.30. The molecular weight excluding hydrogens is 476 g/mol. The second-order valence-electron chi connectivity index (χ2n) is 7.68. The average molecular weight is 501 g/mol. The summed E-state index contributed by atoms with van der Waals surface area (Å²) < 4.78 is 29.1. The van der Waals surface area contributed by atoms with Crippen molar-refractivity contribution >= 4 is 43.2 Å². The summed E-state index contributed by atoms with van der Waals surface area (Å²) in [4.78, 5) is 13.0. The maximum atomic E-state index is 13.5. The Bertz CT molecular complexity index is 1200. The Morgan fingerprint density at radius 2 is 1.48 bits per heavy atom. The van der Waals surface area contributed by atoms with Gasteiger partial charge in [-0.2, -0.15) is 0 Å². The number of benzene rings is 3. The van der Waals surface area contributed by atoms with Crippen molar-refractivity contribution in [2.24, 2.45) is 0 Å². The molecule has 0 spiro atoms. The Balaban J connectivity index is 1.98. The van der Waals surface area contributed by atoms with Crippen LogP contribution in [-0.2, 0) is 14.8 Å². The fraction of sp³-hybridized carbons (Fsp3) is 0.208. The zero-order valence-corrected chi connectivity index (χ0v) is 20.3. The van der Waals surface area contributed by atoms with Crippen molar-refractivity contribution in [2.45, 2.75) is 32.6 Å². The van der Waals surface area contributed by atoms with Gasteiger partial charge in [0.15, 0.2) is 0 Å². The number of nitrogens with zero attached hydrogens (tertiary/aromatic N) is 1. The molecule has 162 valence electrons. The van der Waals surface area contributed by atoms with Crippen molar-refractivity contribution in [3.8, 4) is 0 Å². The molecule has 5 nitrogen and oxygen atoms in total. The number of sulfonamides is 1. The third kappa shape index (κ3) is 5.54. The van der Waals surface area contributed by atoms with E-state index >= 15 is 0 Å². The van der Waals surface area contributed by atoms with Gasteiger partial charge in [0.2, 0.25) is 5.91 Å². The second kappa shape index (κ2) is 9.24. The number of hydrogen-bond donors (Lipinski definition) is 1. The van der Waals surface area contributed by atoms with Crippen LogP contribution in [-0.4, -0.2) is 20.9 Å². The molecule has 7 heteroatoms. The minimum absolute atomic E-state index is 0.143. The minimum atomic E-state index is -3.94. The van der Waals surface area contributed by atoms with Gasteiger partial charge in [-0.3, -0.25) is 9.10 Å². The van der Waals surface area contributed by atoms with Gasteiger partial charge in [0.25, 0.3) is 10.0 Å². The van der Waals surface area contributed by atoms with Crippen LogP contribution in [0.25, 0.3) is 0 Å². The van der Waals surface area contributed by atoms with E-state index in [9.17, 15) is 13.2 Å². The summed E-state index contributed by atoms with van der Waals surface area (Å²) in [6.07, 6.45) is 0. The van der Waals surface area contributed by atoms with E-state index in [1.807, 2.05) is 45.9 Å². The quantitative estimate of drug-likeness (QED) is 0.484. The number of halogens is 1. The van der Waals surface area contributed by atoms with Crippen LogP contribution in [0.5, 0.6) is 0 Å². The molecule has 0 heterocycles. The molecular formula is C24H25BrN2O3S. The summed E-state index contributed by atoms with van der Waals surface area (Å²) >= 11 is 3.44. The van der Waals surface area contributed by atoms with Crippen LogP contribution in [0.15, 0.2) is 70.0 Å². The van der Waals surface area contributed by atoms with E-state index in [1.165, 1.54) is 4.31 Å². The molecule has 3 aromatic carbocycles. The molecule has 0 saturated heterocycles. The van der Waals surface area contributed by atoms with Gasteiger partial charge in [-0.05, 0) is 86.8 Å². The third-order valence-electron chi connectivity index (χ3n) is 4.83. The molecule has 0 aromatic heterocycles. The molecule has 0 atom stereocenters. The molecule has 1 N–H and O–H groups in total. The lowest BCUT2D eigenvalue weighted by molar-refractivity contribution is -0.114. The Morgan fingerprint density at radius 3 is 2.06 bits per heavy atom. The van der Waals surface area contributed by atoms with Gasteiger partial charge in [0.05, 0.1) is 10.6 Å². The average Bonchev–Trinajstić information content (AvgIpc) is 2.68. The highest BCUT2D eigenvalue weighted by molar-refractivity contribution is 9.10. The van der Waals surface area contributed by atoms with Crippen LogP contribution in [0, 0.1) is 27.7 Å². The number of carbonyl (C=O) groups is 1. The first kappa shape index (κ1) is 23.0. The van der Waals surface area contributed by atoms with E-state index in [1.54, 1.807) is 42.5 Å². The lowest BCUT2D eigenvalue weighted by atomic mass is 10.1. The molecule has 0 unspecified atom stereocenters. The number of anilines is 2. The van der Waals surface area contributed by atoms with Gasteiger partial charge >= 0.3 is 0 Å². The van der Waals surface area contributed by atoms with Crippen molar-refractivity contribution in [3.63, 3.8) is 0 Å². The van der Waals surface area contributed by atoms with E-state index in [0.29, 0.717) is 11.4 Å². The first-order valence-corrected chi connectivity index (χ1v) is 12.0. The number of carbonyl (C=O) groups excluding carboxylic acids is 1. The van der Waals surface area contributed by atoms with E-state index in [0.717, 1.165) is 26.7 Å². The summed E-state index contributed by atoms with van der Waals surface area (Å²) in [7, 11) is -3.94. The number of hydrogen-bond acceptors (Lipinski definition) is 3. The Morgan fingerprint density at radius 1 is 0.871 bits per heavy atom. The lowest BCUT2D eigenvalue weighted by Crippen LogP contribution is -2.38. The topological polar surface area (TPSA) is 66.5 Å². The molecule has 0 aliphatic carbocycles. The largest absolute Gasteiger partial charge is 0.325 e. The van der Waals surface area contributed by atoms with Crippen molar-refractivity contribution < 1.29 is 13.2 Å². The molecule has 0 aliphatic heterocycles. The highest BCUT2D eigenvalue weighted by Gasteiger charge is 2.27. The molecule has 3 aromatic rings. The van der Waals surface area contributed by atoms with E-state index in [2.05, 4.69) is 21.2 Å². The standard InChI is InChI=1S/C24H25BrN2O3S/c1-16-5-8-22(9-6-16)31(29,30)27(21-12-17(2)11-18(3)13-21)15-24(28)26-20-7-10-23(25)19(4)14-20/h5-14H,15H2,1-4H3,(H,26,28). The summed E-state index contributed by atoms with van der Waals surface area (Å²) in [6, 6.07) is 17.6. The maximum Gasteiger partial charge on any atom is 0.264 e. The molecule has 0 saturated carbocycles. The summed E-state index contributed by atoms with van der Waals surface area (Å²) in [5.74, 6) is -0.420. The van der Waals surface area contributed by atoms with Gasteiger partial charge in [-0.15, -0.1) is 0 Å². The zero-order chi connectivity index (χ0) is 22.8. The normalized spacial score (nSPS) is 11.3. The van der Waals surface area contributed by atoms with E-state index in [4.69, 9.17) is 0 Å². The molecule has 0 radical (unpaired) electrons. The van der Waals surface area contributed by atoms with Crippen LogP contribution in [0.2, 0.25) is 0 Å².